The Morgan fingerprint density at radius 2 is 1.66 bits per heavy atom. The quantitative estimate of drug-likeness (QED) is 0.450. The molecule has 1 amide bonds. The van der Waals surface area contributed by atoms with Crippen molar-refractivity contribution < 1.29 is 29.3 Å². The first-order chi connectivity index (χ1) is 15.4. The van der Waals surface area contributed by atoms with E-state index in [2.05, 4.69) is 21.2 Å². The highest BCUT2D eigenvalue weighted by Crippen LogP contribution is 2.44. The molecule has 3 aromatic rings. The van der Waals surface area contributed by atoms with Crippen LogP contribution in [0, 0.1) is 0 Å². The third kappa shape index (κ3) is 4.01. The van der Waals surface area contributed by atoms with Crippen molar-refractivity contribution in [3.63, 3.8) is 0 Å². The summed E-state index contributed by atoms with van der Waals surface area (Å²) in [6.07, 6.45) is -0.863. The van der Waals surface area contributed by atoms with Gasteiger partial charge in [-0.25, -0.2) is 9.59 Å². The number of carboxylic acids is 1. The van der Waals surface area contributed by atoms with Crippen LogP contribution in [0.3, 0.4) is 0 Å². The molecule has 164 valence electrons. The van der Waals surface area contributed by atoms with Crippen molar-refractivity contribution in [1.82, 2.24) is 5.32 Å². The van der Waals surface area contributed by atoms with Crippen LogP contribution in [-0.4, -0.2) is 36.0 Å². The minimum Gasteiger partial charge on any atom is -0.504 e. The average Bonchev–Trinajstić information content (AvgIpc) is 3.10. The Bertz CT molecular complexity index is 1150. The number of benzene rings is 3. The number of rotatable bonds is 6. The van der Waals surface area contributed by atoms with Crippen molar-refractivity contribution in [2.75, 3.05) is 13.7 Å². The van der Waals surface area contributed by atoms with E-state index < -0.39 is 18.1 Å². The summed E-state index contributed by atoms with van der Waals surface area (Å²) in [5, 5.41) is 21.9. The lowest BCUT2D eigenvalue weighted by molar-refractivity contribution is -0.139. The molecule has 0 aliphatic heterocycles. The molecule has 0 saturated heterocycles. The maximum absolute atomic E-state index is 12.6. The van der Waals surface area contributed by atoms with Crippen molar-refractivity contribution in [3.05, 3.63) is 81.8 Å². The summed E-state index contributed by atoms with van der Waals surface area (Å²) < 4.78 is 10.8. The largest absolute Gasteiger partial charge is 0.504 e. The molecule has 0 heterocycles. The second-order valence-electron chi connectivity index (χ2n) is 7.29. The Balaban J connectivity index is 1.52. The van der Waals surface area contributed by atoms with Crippen molar-refractivity contribution in [1.29, 1.82) is 0 Å². The lowest BCUT2D eigenvalue weighted by atomic mass is 9.98. The number of nitrogens with one attached hydrogen (secondary N) is 1. The molecular formula is C24H20BrNO6. The zero-order chi connectivity index (χ0) is 22.8. The number of alkyl carbamates (subject to hydrolysis) is 1. The van der Waals surface area contributed by atoms with Crippen LogP contribution < -0.4 is 10.1 Å². The Kier molecular flexibility index (Phi) is 6.05. The molecule has 1 atom stereocenters. The number of phenols is 1. The number of carboxylic acid groups (broad SMARTS) is 1. The number of halogens is 1. The Morgan fingerprint density at radius 1 is 1.06 bits per heavy atom. The highest BCUT2D eigenvalue weighted by atomic mass is 79.9. The molecule has 1 aliphatic carbocycles. The Hall–Kier alpha value is -3.52. The smallest absolute Gasteiger partial charge is 0.408 e. The van der Waals surface area contributed by atoms with E-state index in [-0.39, 0.29) is 29.6 Å². The molecule has 32 heavy (non-hydrogen) atoms. The summed E-state index contributed by atoms with van der Waals surface area (Å²) in [4.78, 5) is 24.4. The van der Waals surface area contributed by atoms with Gasteiger partial charge in [0, 0.05) is 16.0 Å². The molecule has 0 aromatic heterocycles. The number of fused-ring (bicyclic) bond motifs is 3. The molecule has 0 radical (unpaired) electrons. The zero-order valence-electron chi connectivity index (χ0n) is 17.0. The molecule has 0 saturated carbocycles. The predicted octanol–water partition coefficient (Wildman–Crippen LogP) is 4.83. The number of hydrogen-bond acceptors (Lipinski definition) is 5. The van der Waals surface area contributed by atoms with Crippen LogP contribution in [0.4, 0.5) is 4.79 Å². The second kappa shape index (κ2) is 8.92. The van der Waals surface area contributed by atoms with Gasteiger partial charge >= 0.3 is 12.1 Å². The van der Waals surface area contributed by atoms with Crippen LogP contribution in [0.25, 0.3) is 11.1 Å². The maximum Gasteiger partial charge on any atom is 0.408 e. The third-order valence-corrected chi connectivity index (χ3v) is 6.15. The molecule has 8 heteroatoms. The summed E-state index contributed by atoms with van der Waals surface area (Å²) in [6.45, 7) is 0.0618. The van der Waals surface area contributed by atoms with E-state index in [1.807, 2.05) is 48.5 Å². The van der Waals surface area contributed by atoms with Gasteiger partial charge in [-0.05, 0) is 34.4 Å². The van der Waals surface area contributed by atoms with Gasteiger partial charge in [0.25, 0.3) is 0 Å². The number of ether oxygens (including phenoxy) is 2. The van der Waals surface area contributed by atoms with Crippen LogP contribution in [0.15, 0.2) is 65.1 Å². The summed E-state index contributed by atoms with van der Waals surface area (Å²) in [5.41, 5.74) is 4.52. The molecule has 0 bridgehead atoms. The summed E-state index contributed by atoms with van der Waals surface area (Å²) in [6, 6.07) is 17.1. The van der Waals surface area contributed by atoms with E-state index in [1.54, 1.807) is 0 Å². The number of phenolic OH excluding ortho intramolecular Hbond substituents is 1. The molecule has 0 fully saturated rings. The topological polar surface area (TPSA) is 105 Å². The van der Waals surface area contributed by atoms with E-state index in [4.69, 9.17) is 9.47 Å². The highest BCUT2D eigenvalue weighted by molar-refractivity contribution is 9.10. The van der Waals surface area contributed by atoms with Gasteiger partial charge < -0.3 is 25.0 Å². The molecular weight excluding hydrogens is 478 g/mol. The number of carbonyl (C=O) groups is 2. The standard InChI is InChI=1S/C24H20BrNO6/c1-31-21-10-17(19(25)11-20(21)27)22(23(28)29)26-24(30)32-12-18-15-8-4-2-6-13(15)14-7-3-5-9-16(14)18/h2-11,18,22,27H,12H2,1H3,(H,26,30)(H,28,29). The number of carbonyl (C=O) groups excluding carboxylic acids is 1. The van der Waals surface area contributed by atoms with Gasteiger partial charge in [0.2, 0.25) is 0 Å². The monoisotopic (exact) mass is 497 g/mol. The van der Waals surface area contributed by atoms with Gasteiger partial charge in [0.05, 0.1) is 7.11 Å². The van der Waals surface area contributed by atoms with Gasteiger partial charge in [-0.3, -0.25) is 0 Å². The molecule has 0 spiro atoms. The fraction of sp³-hybridized carbons (Fsp3) is 0.167. The summed E-state index contributed by atoms with van der Waals surface area (Å²) >= 11 is 3.23. The van der Waals surface area contributed by atoms with E-state index in [0.717, 1.165) is 22.3 Å². The SMILES string of the molecule is COc1cc(C(NC(=O)OCC2c3ccccc3-c3ccccc32)C(=O)O)c(Br)cc1O. The molecule has 4 rings (SSSR count). The minimum absolute atomic E-state index is 0.0618. The van der Waals surface area contributed by atoms with Crippen LogP contribution in [0.5, 0.6) is 11.5 Å². The Labute approximate surface area is 192 Å². The van der Waals surface area contributed by atoms with Crippen LogP contribution in [-0.2, 0) is 9.53 Å². The van der Waals surface area contributed by atoms with Crippen molar-refractivity contribution in [2.24, 2.45) is 0 Å². The van der Waals surface area contributed by atoms with Gasteiger partial charge in [0.15, 0.2) is 17.5 Å². The maximum atomic E-state index is 12.6. The zero-order valence-corrected chi connectivity index (χ0v) is 18.6. The second-order valence-corrected chi connectivity index (χ2v) is 8.14. The molecule has 1 aliphatic rings. The minimum atomic E-state index is -1.41. The lowest BCUT2D eigenvalue weighted by Gasteiger charge is -2.19. The summed E-state index contributed by atoms with van der Waals surface area (Å²) in [5.74, 6) is -1.50. The van der Waals surface area contributed by atoms with Crippen LogP contribution in [0.1, 0.15) is 28.7 Å². The van der Waals surface area contributed by atoms with Crippen molar-refractivity contribution in [3.8, 4) is 22.6 Å². The first kappa shape index (κ1) is 21.7. The summed E-state index contributed by atoms with van der Waals surface area (Å²) in [7, 11) is 1.35. The van der Waals surface area contributed by atoms with Gasteiger partial charge in [0.1, 0.15) is 6.61 Å². The van der Waals surface area contributed by atoms with E-state index in [1.165, 1.54) is 19.2 Å². The van der Waals surface area contributed by atoms with E-state index >= 15 is 0 Å². The van der Waals surface area contributed by atoms with E-state index in [0.29, 0.717) is 4.47 Å². The van der Waals surface area contributed by atoms with Crippen LogP contribution in [0.2, 0.25) is 0 Å². The lowest BCUT2D eigenvalue weighted by Crippen LogP contribution is -2.35. The number of amides is 1. The fourth-order valence-corrected chi connectivity index (χ4v) is 4.53. The number of aromatic hydroxyl groups is 1. The van der Waals surface area contributed by atoms with Gasteiger partial charge in [-0.2, -0.15) is 0 Å². The van der Waals surface area contributed by atoms with E-state index in [9.17, 15) is 19.8 Å². The fourth-order valence-electron chi connectivity index (χ4n) is 3.97. The highest BCUT2D eigenvalue weighted by Gasteiger charge is 2.30. The first-order valence-corrected chi connectivity index (χ1v) is 10.6. The van der Waals surface area contributed by atoms with Crippen LogP contribution >= 0.6 is 15.9 Å². The molecule has 7 nitrogen and oxygen atoms in total. The number of hydrogen-bond donors (Lipinski definition) is 3. The molecule has 3 aromatic carbocycles. The van der Waals surface area contributed by atoms with Gasteiger partial charge in [-0.1, -0.05) is 64.5 Å². The average molecular weight is 498 g/mol. The number of methoxy groups -OCH3 is 1. The molecule has 1 unspecified atom stereocenters. The first-order valence-electron chi connectivity index (χ1n) is 9.81. The predicted molar refractivity (Wildman–Crippen MR) is 121 cm³/mol. The van der Waals surface area contributed by atoms with Crippen molar-refractivity contribution >= 4 is 28.0 Å². The van der Waals surface area contributed by atoms with Gasteiger partial charge in [-0.15, -0.1) is 0 Å². The normalized spacial score (nSPS) is 13.1. The Morgan fingerprint density at radius 3 is 2.22 bits per heavy atom. The number of aliphatic carboxylic acids is 1. The van der Waals surface area contributed by atoms with Crippen molar-refractivity contribution in [2.45, 2.75) is 12.0 Å². The molecule has 3 N–H and O–H groups in total. The third-order valence-electron chi connectivity index (χ3n) is 5.46.